The zero-order valence-corrected chi connectivity index (χ0v) is 12.2. The maximum absolute atomic E-state index is 11.9. The molecule has 0 aliphatic carbocycles. The van der Waals surface area contributed by atoms with E-state index in [1.54, 1.807) is 0 Å². The number of carboxylic acid groups (broad SMARTS) is 1. The first-order valence-corrected chi connectivity index (χ1v) is 7.24. The van der Waals surface area contributed by atoms with E-state index < -0.39 is 5.97 Å². The van der Waals surface area contributed by atoms with Crippen molar-refractivity contribution in [3.05, 3.63) is 35.4 Å². The molecule has 1 N–H and O–H groups in total. The van der Waals surface area contributed by atoms with E-state index in [4.69, 9.17) is 11.5 Å². The third-order valence-electron chi connectivity index (χ3n) is 2.58. The minimum Gasteiger partial charge on any atom is -0.480 e. The first-order chi connectivity index (χ1) is 9.52. The number of benzene rings is 1. The van der Waals surface area contributed by atoms with Gasteiger partial charge in [0, 0.05) is 5.75 Å². The molecule has 4 nitrogen and oxygen atoms in total. The molecule has 0 bridgehead atoms. The zero-order chi connectivity index (χ0) is 15.0. The second-order valence-electron chi connectivity index (χ2n) is 4.33. The van der Waals surface area contributed by atoms with E-state index in [0.29, 0.717) is 5.75 Å². The number of aryl methyl sites for hydroxylation is 1. The van der Waals surface area contributed by atoms with Gasteiger partial charge in [0.25, 0.3) is 0 Å². The molecule has 1 rings (SSSR count). The van der Waals surface area contributed by atoms with Crippen molar-refractivity contribution < 1.29 is 14.7 Å². The normalized spacial score (nSPS) is 9.80. The largest absolute Gasteiger partial charge is 0.480 e. The molecular formula is C15H17NO3S. The third kappa shape index (κ3) is 5.81. The monoisotopic (exact) mass is 291 g/mol. The summed E-state index contributed by atoms with van der Waals surface area (Å²) in [6.07, 6.45) is 5.13. The molecule has 1 aromatic rings. The summed E-state index contributed by atoms with van der Waals surface area (Å²) in [5.41, 5.74) is 2.33. The number of thioether (sulfide) groups is 1. The first kappa shape index (κ1) is 16.1. The van der Waals surface area contributed by atoms with Crippen molar-refractivity contribution in [3.8, 4) is 12.3 Å². The molecule has 20 heavy (non-hydrogen) atoms. The van der Waals surface area contributed by atoms with Crippen molar-refractivity contribution in [1.82, 2.24) is 4.90 Å². The molecule has 0 aromatic heterocycles. The van der Waals surface area contributed by atoms with Gasteiger partial charge in [-0.2, -0.15) is 0 Å². The van der Waals surface area contributed by atoms with E-state index in [1.807, 2.05) is 31.2 Å². The van der Waals surface area contributed by atoms with Crippen LogP contribution >= 0.6 is 11.8 Å². The number of carbonyl (C=O) groups is 2. The zero-order valence-electron chi connectivity index (χ0n) is 11.3. The van der Waals surface area contributed by atoms with E-state index in [9.17, 15) is 9.59 Å². The Morgan fingerprint density at radius 3 is 2.55 bits per heavy atom. The molecule has 0 fully saturated rings. The van der Waals surface area contributed by atoms with Crippen LogP contribution in [-0.2, 0) is 15.3 Å². The summed E-state index contributed by atoms with van der Waals surface area (Å²) in [5.74, 6) is 1.93. The van der Waals surface area contributed by atoms with Gasteiger partial charge in [-0.3, -0.25) is 9.59 Å². The van der Waals surface area contributed by atoms with Crippen molar-refractivity contribution in [2.24, 2.45) is 0 Å². The van der Waals surface area contributed by atoms with Crippen molar-refractivity contribution in [2.75, 3.05) is 18.8 Å². The average Bonchev–Trinajstić information content (AvgIpc) is 2.40. The van der Waals surface area contributed by atoms with Crippen LogP contribution in [0.5, 0.6) is 0 Å². The lowest BCUT2D eigenvalue weighted by Gasteiger charge is -2.17. The summed E-state index contributed by atoms with van der Waals surface area (Å²) >= 11 is 1.45. The highest BCUT2D eigenvalue weighted by atomic mass is 32.2. The standard InChI is InChI=1S/C15H17NO3S/c1-3-8-16(9-15(18)19)14(17)11-20-10-13-6-4-12(2)5-7-13/h1,4-7H,8-11H2,2H3,(H,18,19). The highest BCUT2D eigenvalue weighted by Crippen LogP contribution is 2.13. The van der Waals surface area contributed by atoms with Crippen molar-refractivity contribution >= 4 is 23.6 Å². The third-order valence-corrected chi connectivity index (χ3v) is 3.56. The van der Waals surface area contributed by atoms with Gasteiger partial charge in [-0.05, 0) is 12.5 Å². The van der Waals surface area contributed by atoms with Gasteiger partial charge in [0.05, 0.1) is 12.3 Å². The van der Waals surface area contributed by atoms with Gasteiger partial charge < -0.3 is 10.0 Å². The molecule has 5 heteroatoms. The molecule has 0 saturated carbocycles. The van der Waals surface area contributed by atoms with E-state index in [2.05, 4.69) is 5.92 Å². The summed E-state index contributed by atoms with van der Waals surface area (Å²) < 4.78 is 0. The lowest BCUT2D eigenvalue weighted by molar-refractivity contribution is -0.143. The Bertz CT molecular complexity index is 505. The molecular weight excluding hydrogens is 274 g/mol. The van der Waals surface area contributed by atoms with E-state index in [1.165, 1.54) is 22.2 Å². The quantitative estimate of drug-likeness (QED) is 0.778. The minimum atomic E-state index is -1.06. The van der Waals surface area contributed by atoms with Crippen molar-refractivity contribution in [2.45, 2.75) is 12.7 Å². The Balaban J connectivity index is 2.42. The SMILES string of the molecule is C#CCN(CC(=O)O)C(=O)CSCc1ccc(C)cc1. The summed E-state index contributed by atoms with van der Waals surface area (Å²) in [5, 5.41) is 8.72. The summed E-state index contributed by atoms with van der Waals surface area (Å²) in [6.45, 7) is 1.69. The Morgan fingerprint density at radius 2 is 2.00 bits per heavy atom. The number of rotatable bonds is 7. The van der Waals surface area contributed by atoms with Crippen LogP contribution in [-0.4, -0.2) is 40.7 Å². The number of aliphatic carboxylic acids is 1. The fraction of sp³-hybridized carbons (Fsp3) is 0.333. The number of carboxylic acids is 1. The maximum atomic E-state index is 11.9. The van der Waals surface area contributed by atoms with Gasteiger partial charge in [0.2, 0.25) is 5.91 Å². The maximum Gasteiger partial charge on any atom is 0.323 e. The van der Waals surface area contributed by atoms with Crippen LogP contribution in [0.1, 0.15) is 11.1 Å². The van der Waals surface area contributed by atoms with Crippen molar-refractivity contribution in [3.63, 3.8) is 0 Å². The number of hydrogen-bond donors (Lipinski definition) is 1. The Labute approximate surface area is 123 Å². The number of carbonyl (C=O) groups excluding carboxylic acids is 1. The van der Waals surface area contributed by atoms with Crippen LogP contribution in [0.25, 0.3) is 0 Å². The molecule has 0 aliphatic heterocycles. The smallest absolute Gasteiger partial charge is 0.323 e. The predicted molar refractivity (Wildman–Crippen MR) is 80.4 cm³/mol. The molecule has 0 unspecified atom stereocenters. The van der Waals surface area contributed by atoms with Gasteiger partial charge in [0.15, 0.2) is 0 Å². The van der Waals surface area contributed by atoms with Gasteiger partial charge in [0.1, 0.15) is 6.54 Å². The summed E-state index contributed by atoms with van der Waals surface area (Å²) in [6, 6.07) is 8.08. The number of amides is 1. The second-order valence-corrected chi connectivity index (χ2v) is 5.31. The molecule has 1 aromatic carbocycles. The highest BCUT2D eigenvalue weighted by molar-refractivity contribution is 7.99. The van der Waals surface area contributed by atoms with E-state index >= 15 is 0 Å². The molecule has 0 spiro atoms. The van der Waals surface area contributed by atoms with Crippen LogP contribution in [0.4, 0.5) is 0 Å². The molecule has 0 atom stereocenters. The van der Waals surface area contributed by atoms with E-state index in [0.717, 1.165) is 5.56 Å². The molecule has 106 valence electrons. The number of hydrogen-bond acceptors (Lipinski definition) is 3. The number of nitrogens with zero attached hydrogens (tertiary/aromatic N) is 1. The Hall–Kier alpha value is -1.93. The molecule has 0 radical (unpaired) electrons. The topological polar surface area (TPSA) is 57.6 Å². The average molecular weight is 291 g/mol. The summed E-state index contributed by atoms with van der Waals surface area (Å²) in [4.78, 5) is 23.7. The Kier molecular flexibility index (Phi) is 6.68. The lowest BCUT2D eigenvalue weighted by atomic mass is 10.2. The fourth-order valence-electron chi connectivity index (χ4n) is 1.54. The van der Waals surface area contributed by atoms with Gasteiger partial charge in [-0.1, -0.05) is 35.7 Å². The Morgan fingerprint density at radius 1 is 1.35 bits per heavy atom. The highest BCUT2D eigenvalue weighted by Gasteiger charge is 2.15. The van der Waals surface area contributed by atoms with Gasteiger partial charge in [-0.25, -0.2) is 0 Å². The van der Waals surface area contributed by atoms with Crippen LogP contribution in [0.2, 0.25) is 0 Å². The van der Waals surface area contributed by atoms with Gasteiger partial charge in [-0.15, -0.1) is 18.2 Å². The number of terminal acetylenes is 1. The van der Waals surface area contributed by atoms with Gasteiger partial charge >= 0.3 is 5.97 Å². The van der Waals surface area contributed by atoms with Crippen LogP contribution in [0.15, 0.2) is 24.3 Å². The molecule has 0 saturated heterocycles. The van der Waals surface area contributed by atoms with Crippen LogP contribution in [0, 0.1) is 19.3 Å². The van der Waals surface area contributed by atoms with E-state index in [-0.39, 0.29) is 24.7 Å². The molecule has 0 heterocycles. The van der Waals surface area contributed by atoms with Crippen LogP contribution < -0.4 is 0 Å². The first-order valence-electron chi connectivity index (χ1n) is 6.09. The predicted octanol–water partition coefficient (Wildman–Crippen LogP) is 1.77. The minimum absolute atomic E-state index is 0.0240. The van der Waals surface area contributed by atoms with Crippen LogP contribution in [0.3, 0.4) is 0 Å². The fourth-order valence-corrected chi connectivity index (χ4v) is 2.42. The lowest BCUT2D eigenvalue weighted by Crippen LogP contribution is -2.37. The molecule has 0 aliphatic rings. The summed E-state index contributed by atoms with van der Waals surface area (Å²) in [7, 11) is 0. The molecule has 1 amide bonds. The second kappa shape index (κ2) is 8.28. The van der Waals surface area contributed by atoms with Crippen molar-refractivity contribution in [1.29, 1.82) is 0 Å².